The molecule has 0 bridgehead atoms. The SMILES string of the molecule is CCC(NS(=O)(=O)c1ccc(C)cc1N)c1ncc[nH]1. The summed E-state index contributed by atoms with van der Waals surface area (Å²) in [5, 5.41) is 0. The van der Waals surface area contributed by atoms with Gasteiger partial charge in [0.15, 0.2) is 0 Å². The predicted molar refractivity (Wildman–Crippen MR) is 77.5 cm³/mol. The molecule has 0 saturated carbocycles. The lowest BCUT2D eigenvalue weighted by atomic mass is 10.2. The summed E-state index contributed by atoms with van der Waals surface area (Å²) in [7, 11) is -3.68. The smallest absolute Gasteiger partial charge is 0.243 e. The van der Waals surface area contributed by atoms with Crippen molar-refractivity contribution in [2.24, 2.45) is 0 Å². The first kappa shape index (κ1) is 14.5. The molecule has 7 heteroatoms. The van der Waals surface area contributed by atoms with Crippen molar-refractivity contribution in [2.75, 3.05) is 5.73 Å². The van der Waals surface area contributed by atoms with Gasteiger partial charge >= 0.3 is 0 Å². The number of H-pyrrole nitrogens is 1. The molecule has 0 fully saturated rings. The number of aryl methyl sites for hydroxylation is 1. The van der Waals surface area contributed by atoms with E-state index in [0.717, 1.165) is 5.56 Å². The molecule has 1 aromatic heterocycles. The minimum atomic E-state index is -3.68. The van der Waals surface area contributed by atoms with Gasteiger partial charge in [0.2, 0.25) is 10.0 Å². The molecule has 1 atom stereocenters. The van der Waals surface area contributed by atoms with Crippen LogP contribution in [0.3, 0.4) is 0 Å². The fourth-order valence-electron chi connectivity index (χ4n) is 1.96. The predicted octanol–water partition coefficient (Wildman–Crippen LogP) is 1.73. The molecule has 0 radical (unpaired) electrons. The summed E-state index contributed by atoms with van der Waals surface area (Å²) < 4.78 is 27.4. The van der Waals surface area contributed by atoms with Gasteiger partial charge in [0.05, 0.1) is 11.7 Å². The fourth-order valence-corrected chi connectivity index (χ4v) is 3.36. The molecule has 6 nitrogen and oxygen atoms in total. The van der Waals surface area contributed by atoms with Gasteiger partial charge in [-0.1, -0.05) is 13.0 Å². The molecule has 1 heterocycles. The molecule has 20 heavy (non-hydrogen) atoms. The number of aromatic nitrogens is 2. The third kappa shape index (κ3) is 3.00. The maximum absolute atomic E-state index is 12.4. The molecule has 0 aliphatic carbocycles. The van der Waals surface area contributed by atoms with Gasteiger partial charge in [0.25, 0.3) is 0 Å². The van der Waals surface area contributed by atoms with Crippen LogP contribution in [0.2, 0.25) is 0 Å². The van der Waals surface area contributed by atoms with Crippen LogP contribution in [0, 0.1) is 6.92 Å². The highest BCUT2D eigenvalue weighted by Crippen LogP contribution is 2.22. The van der Waals surface area contributed by atoms with Crippen molar-refractivity contribution < 1.29 is 8.42 Å². The lowest BCUT2D eigenvalue weighted by Crippen LogP contribution is -2.29. The van der Waals surface area contributed by atoms with Crippen molar-refractivity contribution in [1.29, 1.82) is 0 Å². The standard InChI is InChI=1S/C13H18N4O2S/c1-3-11(13-15-6-7-16-13)17-20(18,19)12-5-4-9(2)8-10(12)14/h4-8,11,17H,3,14H2,1-2H3,(H,15,16). The van der Waals surface area contributed by atoms with Crippen LogP contribution in [-0.4, -0.2) is 18.4 Å². The van der Waals surface area contributed by atoms with Crippen LogP contribution in [0.5, 0.6) is 0 Å². The summed E-state index contributed by atoms with van der Waals surface area (Å²) in [4.78, 5) is 7.10. The maximum Gasteiger partial charge on any atom is 0.243 e. The molecule has 2 aromatic rings. The quantitative estimate of drug-likeness (QED) is 0.731. The number of sulfonamides is 1. The number of anilines is 1. The van der Waals surface area contributed by atoms with Gasteiger partial charge in [0.1, 0.15) is 10.7 Å². The Balaban J connectivity index is 2.31. The van der Waals surface area contributed by atoms with E-state index in [0.29, 0.717) is 12.2 Å². The van der Waals surface area contributed by atoms with Gasteiger partial charge in [0, 0.05) is 12.4 Å². The van der Waals surface area contributed by atoms with E-state index < -0.39 is 16.1 Å². The average molecular weight is 294 g/mol. The number of imidazole rings is 1. The molecule has 1 unspecified atom stereocenters. The van der Waals surface area contributed by atoms with E-state index in [4.69, 9.17) is 5.73 Å². The molecular formula is C13H18N4O2S. The number of rotatable bonds is 5. The Kier molecular flexibility index (Phi) is 4.10. The monoisotopic (exact) mass is 294 g/mol. The lowest BCUT2D eigenvalue weighted by Gasteiger charge is -2.16. The maximum atomic E-state index is 12.4. The van der Waals surface area contributed by atoms with E-state index in [-0.39, 0.29) is 10.6 Å². The van der Waals surface area contributed by atoms with Gasteiger partial charge in [-0.3, -0.25) is 0 Å². The molecule has 0 amide bonds. The third-order valence-electron chi connectivity index (χ3n) is 3.01. The topological polar surface area (TPSA) is 101 Å². The molecule has 4 N–H and O–H groups in total. The van der Waals surface area contributed by atoms with Crippen LogP contribution in [-0.2, 0) is 10.0 Å². The number of nitrogens with one attached hydrogen (secondary N) is 2. The largest absolute Gasteiger partial charge is 0.398 e. The summed E-state index contributed by atoms with van der Waals surface area (Å²) in [6.07, 6.45) is 3.83. The number of hydrogen-bond acceptors (Lipinski definition) is 4. The Hall–Kier alpha value is -1.86. The first-order valence-electron chi connectivity index (χ1n) is 6.31. The number of hydrogen-bond donors (Lipinski definition) is 3. The van der Waals surface area contributed by atoms with E-state index in [9.17, 15) is 8.42 Å². The molecule has 1 aromatic carbocycles. The number of nitrogens with zero attached hydrogens (tertiary/aromatic N) is 1. The lowest BCUT2D eigenvalue weighted by molar-refractivity contribution is 0.539. The van der Waals surface area contributed by atoms with Crippen molar-refractivity contribution in [3.8, 4) is 0 Å². The summed E-state index contributed by atoms with van der Waals surface area (Å²) in [6, 6.07) is 4.47. The minimum Gasteiger partial charge on any atom is -0.398 e. The highest BCUT2D eigenvalue weighted by Gasteiger charge is 2.23. The summed E-state index contributed by atoms with van der Waals surface area (Å²) in [5.41, 5.74) is 6.96. The summed E-state index contributed by atoms with van der Waals surface area (Å²) in [6.45, 7) is 3.74. The van der Waals surface area contributed by atoms with Crippen LogP contribution in [0.25, 0.3) is 0 Å². The second-order valence-electron chi connectivity index (χ2n) is 4.60. The second-order valence-corrected chi connectivity index (χ2v) is 6.28. The summed E-state index contributed by atoms with van der Waals surface area (Å²) >= 11 is 0. The van der Waals surface area contributed by atoms with E-state index >= 15 is 0 Å². The van der Waals surface area contributed by atoms with Crippen LogP contribution >= 0.6 is 0 Å². The van der Waals surface area contributed by atoms with Gasteiger partial charge in [-0.2, -0.15) is 0 Å². The molecule has 0 aliphatic rings. The van der Waals surface area contributed by atoms with Crippen LogP contribution in [0.15, 0.2) is 35.5 Å². The van der Waals surface area contributed by atoms with Gasteiger partial charge < -0.3 is 10.7 Å². The van der Waals surface area contributed by atoms with Crippen molar-refractivity contribution >= 4 is 15.7 Å². The Morgan fingerprint density at radius 2 is 2.20 bits per heavy atom. The zero-order valence-corrected chi connectivity index (χ0v) is 12.2. The molecule has 0 aliphatic heterocycles. The Bertz CT molecular complexity index is 680. The van der Waals surface area contributed by atoms with Gasteiger partial charge in [-0.25, -0.2) is 18.1 Å². The number of benzene rings is 1. The van der Waals surface area contributed by atoms with Crippen molar-refractivity contribution in [1.82, 2.24) is 14.7 Å². The zero-order valence-electron chi connectivity index (χ0n) is 11.4. The van der Waals surface area contributed by atoms with Crippen molar-refractivity contribution in [3.63, 3.8) is 0 Å². The fraction of sp³-hybridized carbons (Fsp3) is 0.308. The third-order valence-corrected chi connectivity index (χ3v) is 4.56. The van der Waals surface area contributed by atoms with Crippen molar-refractivity contribution in [2.45, 2.75) is 31.2 Å². The zero-order chi connectivity index (χ0) is 14.8. The van der Waals surface area contributed by atoms with Crippen LogP contribution in [0.4, 0.5) is 5.69 Å². The molecular weight excluding hydrogens is 276 g/mol. The number of aromatic amines is 1. The Labute approximate surface area is 118 Å². The minimum absolute atomic E-state index is 0.0908. The summed E-state index contributed by atoms with van der Waals surface area (Å²) in [5.74, 6) is 0.585. The molecule has 2 rings (SSSR count). The number of nitrogen functional groups attached to an aromatic ring is 1. The van der Waals surface area contributed by atoms with Crippen molar-refractivity contribution in [3.05, 3.63) is 42.0 Å². The van der Waals surface area contributed by atoms with E-state index in [1.165, 1.54) is 6.07 Å². The second kappa shape index (κ2) is 5.64. The Morgan fingerprint density at radius 3 is 2.75 bits per heavy atom. The van der Waals surface area contributed by atoms with Gasteiger partial charge in [-0.15, -0.1) is 0 Å². The van der Waals surface area contributed by atoms with E-state index in [2.05, 4.69) is 14.7 Å². The van der Waals surface area contributed by atoms with E-state index in [1.54, 1.807) is 24.5 Å². The average Bonchev–Trinajstić information content (AvgIpc) is 2.89. The van der Waals surface area contributed by atoms with E-state index in [1.807, 2.05) is 13.8 Å². The molecule has 0 saturated heterocycles. The first-order chi connectivity index (χ1) is 9.44. The number of nitrogens with two attached hydrogens (primary N) is 1. The highest BCUT2D eigenvalue weighted by molar-refractivity contribution is 7.89. The highest BCUT2D eigenvalue weighted by atomic mass is 32.2. The Morgan fingerprint density at radius 1 is 1.45 bits per heavy atom. The first-order valence-corrected chi connectivity index (χ1v) is 7.80. The van der Waals surface area contributed by atoms with Crippen LogP contribution in [0.1, 0.15) is 30.8 Å². The normalized spacial score (nSPS) is 13.3. The molecule has 108 valence electrons. The molecule has 0 spiro atoms. The van der Waals surface area contributed by atoms with Gasteiger partial charge in [-0.05, 0) is 31.0 Å². The van der Waals surface area contributed by atoms with Crippen LogP contribution < -0.4 is 10.5 Å².